The van der Waals surface area contributed by atoms with Crippen LogP contribution in [-0.2, 0) is 9.47 Å². The van der Waals surface area contributed by atoms with Crippen LogP contribution < -0.4 is 5.30 Å². The molecule has 3 aromatic rings. The molecule has 3 aromatic carbocycles. The van der Waals surface area contributed by atoms with Crippen molar-refractivity contribution in [3.8, 4) is 0 Å². The summed E-state index contributed by atoms with van der Waals surface area (Å²) in [5.41, 5.74) is 2.38. The molecule has 0 saturated heterocycles. The van der Waals surface area contributed by atoms with Crippen molar-refractivity contribution in [2.75, 3.05) is 28.3 Å². The molecule has 0 N–H and O–H groups in total. The van der Waals surface area contributed by atoms with Crippen LogP contribution in [0.2, 0.25) is 0 Å². The number of likely N-dealkylation sites (N-methyl/N-ethyl adjacent to an activating group) is 2. The van der Waals surface area contributed by atoms with Gasteiger partial charge in [0.2, 0.25) is 0 Å². The molecule has 4 atom stereocenters. The molecule has 3 rings (SSSR count). The zero-order valence-corrected chi connectivity index (χ0v) is 22.1. The Hall–Kier alpha value is -2.01. The molecule has 0 aromatic heterocycles. The van der Waals surface area contributed by atoms with Crippen LogP contribution in [0.1, 0.15) is 37.2 Å². The summed E-state index contributed by atoms with van der Waals surface area (Å²) in [6.07, 6.45) is -0.0538. The average molecular weight is 475 g/mol. The second-order valence-corrected chi connectivity index (χ2v) is 10.7. The van der Waals surface area contributed by atoms with E-state index in [4.69, 9.17) is 9.47 Å². The van der Waals surface area contributed by atoms with Gasteiger partial charge in [-0.2, -0.15) is 0 Å². The summed E-state index contributed by atoms with van der Waals surface area (Å²) in [7, 11) is 7.22. The number of ether oxygens (including phenoxy) is 2. The van der Waals surface area contributed by atoms with E-state index in [1.54, 1.807) is 14.2 Å². The molecule has 6 heteroatoms. The Labute approximate surface area is 209 Å². The highest BCUT2D eigenvalue weighted by Gasteiger charge is 2.35. The predicted molar refractivity (Wildman–Crippen MR) is 146 cm³/mol. The number of benzene rings is 3. The van der Waals surface area contributed by atoms with Gasteiger partial charge in [0.05, 0.1) is 20.4 Å². The maximum atomic E-state index is 6.01. The number of nitrogens with zero attached hydrogens (tertiary/aromatic N) is 2. The second kappa shape index (κ2) is 13.8. The smallest absolute Gasteiger partial charge is 0.0977 e. The summed E-state index contributed by atoms with van der Waals surface area (Å²) >= 11 is 0. The van der Waals surface area contributed by atoms with E-state index in [9.17, 15) is 0 Å². The summed E-state index contributed by atoms with van der Waals surface area (Å²) in [6, 6.07) is 32.1. The zero-order valence-electron chi connectivity index (χ0n) is 21.2. The van der Waals surface area contributed by atoms with Crippen molar-refractivity contribution < 1.29 is 9.47 Å². The number of hydrogen-bond acceptors (Lipinski definition) is 4. The van der Waals surface area contributed by atoms with Crippen LogP contribution in [0.5, 0.6) is 0 Å². The Morgan fingerprint density at radius 2 is 0.912 bits per heavy atom. The minimum absolute atomic E-state index is 0. The minimum atomic E-state index is -0.807. The lowest BCUT2D eigenvalue weighted by atomic mass is 10.0. The molecule has 0 fully saturated rings. The molecular weight excluding hydrogens is 438 g/mol. The van der Waals surface area contributed by atoms with Gasteiger partial charge in [-0.1, -0.05) is 91.0 Å². The summed E-state index contributed by atoms with van der Waals surface area (Å²) in [6.45, 7) is 4.51. The first-order chi connectivity index (χ1) is 16.0. The highest BCUT2D eigenvalue weighted by atomic mass is 31.1. The molecule has 3 radical (unpaired) electrons. The van der Waals surface area contributed by atoms with Crippen molar-refractivity contribution in [3.05, 3.63) is 102 Å². The van der Waals surface area contributed by atoms with Gasteiger partial charge < -0.3 is 9.47 Å². The molecule has 0 spiro atoms. The lowest BCUT2D eigenvalue weighted by Gasteiger charge is -2.44. The molecular formula is C28H37BN2O2P. The summed E-state index contributed by atoms with van der Waals surface area (Å²) in [5.74, 6) is 0. The fraction of sp³-hybridized carbons (Fsp3) is 0.357. The Bertz CT molecular complexity index is 889. The van der Waals surface area contributed by atoms with Gasteiger partial charge in [0.1, 0.15) is 0 Å². The number of rotatable bonds is 11. The van der Waals surface area contributed by atoms with E-state index in [-0.39, 0.29) is 32.7 Å². The van der Waals surface area contributed by atoms with Crippen molar-refractivity contribution >= 4 is 21.9 Å². The van der Waals surface area contributed by atoms with Gasteiger partial charge in [-0.3, -0.25) is 9.34 Å². The van der Waals surface area contributed by atoms with Gasteiger partial charge in [-0.05, 0) is 39.1 Å². The van der Waals surface area contributed by atoms with Gasteiger partial charge in [-0.25, -0.2) is 0 Å². The second-order valence-electron chi connectivity index (χ2n) is 8.39. The van der Waals surface area contributed by atoms with Crippen LogP contribution in [0.4, 0.5) is 0 Å². The maximum absolute atomic E-state index is 6.01. The van der Waals surface area contributed by atoms with Crippen molar-refractivity contribution in [3.63, 3.8) is 0 Å². The van der Waals surface area contributed by atoms with E-state index in [2.05, 4.69) is 116 Å². The van der Waals surface area contributed by atoms with Crippen LogP contribution in [0.15, 0.2) is 91.0 Å². The van der Waals surface area contributed by atoms with Crippen LogP contribution in [0.25, 0.3) is 0 Å². The van der Waals surface area contributed by atoms with E-state index >= 15 is 0 Å². The maximum Gasteiger partial charge on any atom is 0.0977 e. The Morgan fingerprint density at radius 1 is 0.588 bits per heavy atom. The van der Waals surface area contributed by atoms with Crippen molar-refractivity contribution in [2.45, 2.75) is 38.1 Å². The highest BCUT2D eigenvalue weighted by Crippen LogP contribution is 2.48. The van der Waals surface area contributed by atoms with E-state index in [1.165, 1.54) is 16.4 Å². The zero-order chi connectivity index (χ0) is 23.8. The number of hydrogen-bond donors (Lipinski definition) is 0. The molecule has 34 heavy (non-hydrogen) atoms. The van der Waals surface area contributed by atoms with Crippen LogP contribution in [0, 0.1) is 0 Å². The molecule has 0 amide bonds. The SMILES string of the molecule is CO[C@H](c1ccccc1)[C@H](C)N(C)P(c1ccccc1)N(C)[C@@H](C)[C@H](OC)c1ccccc1.[B]. The first-order valence-electron chi connectivity index (χ1n) is 11.5. The van der Waals surface area contributed by atoms with Crippen LogP contribution >= 0.6 is 8.22 Å². The van der Waals surface area contributed by atoms with Gasteiger partial charge in [0.25, 0.3) is 0 Å². The molecule has 4 nitrogen and oxygen atoms in total. The molecule has 179 valence electrons. The number of methoxy groups -OCH3 is 2. The predicted octanol–water partition coefficient (Wildman–Crippen LogP) is 5.66. The fourth-order valence-corrected chi connectivity index (χ4v) is 6.94. The van der Waals surface area contributed by atoms with Gasteiger partial charge in [0, 0.05) is 40.0 Å². The van der Waals surface area contributed by atoms with Gasteiger partial charge in [-0.15, -0.1) is 0 Å². The third-order valence-electron chi connectivity index (χ3n) is 6.40. The molecule has 0 bridgehead atoms. The monoisotopic (exact) mass is 475 g/mol. The topological polar surface area (TPSA) is 24.9 Å². The normalized spacial score (nSPS) is 15.1. The molecule has 0 saturated carbocycles. The standard InChI is InChI=1S/C28H37N2O2P.B/c1-22(27(31-5)24-16-10-7-11-17-24)29(3)33(26-20-14-9-15-21-26)30(4)23(2)28(32-6)25-18-12-8-13-19-25;/h7-23,27-28H,1-6H3;/t22-,23-,27-,28-;/m0./s1. The van der Waals surface area contributed by atoms with Crippen molar-refractivity contribution in [1.82, 2.24) is 9.34 Å². The van der Waals surface area contributed by atoms with Crippen molar-refractivity contribution in [1.29, 1.82) is 0 Å². The van der Waals surface area contributed by atoms with E-state index in [1.807, 2.05) is 12.1 Å². The quantitative estimate of drug-likeness (QED) is 0.264. The molecule has 0 unspecified atom stereocenters. The Morgan fingerprint density at radius 3 is 1.24 bits per heavy atom. The summed E-state index contributed by atoms with van der Waals surface area (Å²) < 4.78 is 17.0. The van der Waals surface area contributed by atoms with E-state index in [0.29, 0.717) is 0 Å². The largest absolute Gasteiger partial charge is 0.375 e. The molecule has 0 aliphatic heterocycles. The van der Waals surface area contributed by atoms with E-state index in [0.717, 1.165) is 0 Å². The Kier molecular flexibility index (Phi) is 11.4. The molecule has 0 aliphatic rings. The highest BCUT2D eigenvalue weighted by molar-refractivity contribution is 7.61. The molecule has 0 heterocycles. The van der Waals surface area contributed by atoms with Crippen LogP contribution in [0.3, 0.4) is 0 Å². The third kappa shape index (κ3) is 6.56. The molecule has 0 aliphatic carbocycles. The first kappa shape index (κ1) is 28.2. The third-order valence-corrected chi connectivity index (χ3v) is 9.09. The van der Waals surface area contributed by atoms with Crippen LogP contribution in [-0.4, -0.2) is 58.2 Å². The van der Waals surface area contributed by atoms with E-state index < -0.39 is 8.22 Å². The van der Waals surface area contributed by atoms with Crippen molar-refractivity contribution in [2.24, 2.45) is 0 Å². The van der Waals surface area contributed by atoms with Gasteiger partial charge >= 0.3 is 0 Å². The average Bonchev–Trinajstić information content (AvgIpc) is 2.86. The lowest BCUT2D eigenvalue weighted by molar-refractivity contribution is 0.0449. The minimum Gasteiger partial charge on any atom is -0.375 e. The summed E-state index contributed by atoms with van der Waals surface area (Å²) in [5, 5.41) is 1.31. The first-order valence-corrected chi connectivity index (χ1v) is 12.7. The summed E-state index contributed by atoms with van der Waals surface area (Å²) in [4.78, 5) is 0. The van der Waals surface area contributed by atoms with Gasteiger partial charge in [0.15, 0.2) is 0 Å². The lowest BCUT2D eigenvalue weighted by Crippen LogP contribution is -2.42. The Balaban J connectivity index is 0.00000408. The fourth-order valence-electron chi connectivity index (χ4n) is 4.39.